The van der Waals surface area contributed by atoms with E-state index in [9.17, 15) is 5.11 Å². The molecule has 0 saturated carbocycles. The molecule has 0 spiro atoms. The smallest absolute Gasteiger partial charge is 0.139 e. The van der Waals surface area contributed by atoms with Crippen LogP contribution in [-0.4, -0.2) is 18.3 Å². The van der Waals surface area contributed by atoms with E-state index in [1.807, 2.05) is 6.07 Å². The highest BCUT2D eigenvalue weighted by molar-refractivity contribution is 9.10. The van der Waals surface area contributed by atoms with Crippen molar-refractivity contribution >= 4 is 15.9 Å². The quantitative estimate of drug-likeness (QED) is 0.879. The SMILES string of the molecule is N#Cc1ccc(Br)c([C@@H](N)C2CCOCC2)c1O. The van der Waals surface area contributed by atoms with Crippen LogP contribution in [0.2, 0.25) is 0 Å². The van der Waals surface area contributed by atoms with Crippen LogP contribution in [0.5, 0.6) is 5.75 Å². The van der Waals surface area contributed by atoms with E-state index >= 15 is 0 Å². The summed E-state index contributed by atoms with van der Waals surface area (Å²) in [4.78, 5) is 0. The molecule has 1 fully saturated rings. The molecule has 1 aliphatic heterocycles. The van der Waals surface area contributed by atoms with Crippen LogP contribution in [0.25, 0.3) is 0 Å². The van der Waals surface area contributed by atoms with E-state index in [1.54, 1.807) is 12.1 Å². The lowest BCUT2D eigenvalue weighted by atomic mass is 9.87. The maximum atomic E-state index is 10.1. The minimum Gasteiger partial charge on any atom is -0.506 e. The van der Waals surface area contributed by atoms with E-state index < -0.39 is 0 Å². The summed E-state index contributed by atoms with van der Waals surface area (Å²) in [5.74, 6) is 0.265. The molecule has 1 aromatic carbocycles. The molecule has 1 aromatic rings. The minimum atomic E-state index is -0.281. The van der Waals surface area contributed by atoms with E-state index in [0.29, 0.717) is 18.8 Å². The topological polar surface area (TPSA) is 79.3 Å². The summed E-state index contributed by atoms with van der Waals surface area (Å²) < 4.78 is 6.06. The van der Waals surface area contributed by atoms with Gasteiger partial charge >= 0.3 is 0 Å². The van der Waals surface area contributed by atoms with Gasteiger partial charge in [-0.3, -0.25) is 0 Å². The van der Waals surface area contributed by atoms with Gasteiger partial charge in [0.15, 0.2) is 0 Å². The number of rotatable bonds is 2. The molecule has 96 valence electrons. The normalized spacial score (nSPS) is 18.3. The zero-order valence-corrected chi connectivity index (χ0v) is 11.5. The average Bonchev–Trinajstić information content (AvgIpc) is 2.40. The van der Waals surface area contributed by atoms with Crippen molar-refractivity contribution in [1.29, 1.82) is 5.26 Å². The Labute approximate surface area is 114 Å². The zero-order chi connectivity index (χ0) is 13.1. The number of hydrogen-bond acceptors (Lipinski definition) is 4. The predicted molar refractivity (Wildman–Crippen MR) is 71.0 cm³/mol. The Bertz CT molecular complexity index is 479. The number of nitriles is 1. The molecule has 4 nitrogen and oxygen atoms in total. The molecule has 18 heavy (non-hydrogen) atoms. The van der Waals surface area contributed by atoms with E-state index in [1.165, 1.54) is 0 Å². The lowest BCUT2D eigenvalue weighted by Gasteiger charge is -2.29. The summed E-state index contributed by atoms with van der Waals surface area (Å²) in [6, 6.07) is 5.03. The van der Waals surface area contributed by atoms with Crippen LogP contribution < -0.4 is 5.73 Å². The highest BCUT2D eigenvalue weighted by atomic mass is 79.9. The van der Waals surface area contributed by atoms with E-state index in [0.717, 1.165) is 17.3 Å². The van der Waals surface area contributed by atoms with Crippen LogP contribution >= 0.6 is 15.9 Å². The van der Waals surface area contributed by atoms with Crippen LogP contribution in [0.15, 0.2) is 16.6 Å². The highest BCUT2D eigenvalue weighted by Gasteiger charge is 2.27. The molecule has 1 saturated heterocycles. The van der Waals surface area contributed by atoms with Gasteiger partial charge < -0.3 is 15.6 Å². The van der Waals surface area contributed by atoms with Gasteiger partial charge in [-0.1, -0.05) is 15.9 Å². The van der Waals surface area contributed by atoms with Gasteiger partial charge in [-0.25, -0.2) is 0 Å². The fourth-order valence-electron chi connectivity index (χ4n) is 2.30. The number of phenolic OH excluding ortho intramolecular Hbond substituents is 1. The lowest BCUT2D eigenvalue weighted by molar-refractivity contribution is 0.0580. The predicted octanol–water partition coefficient (Wildman–Crippen LogP) is 2.45. The highest BCUT2D eigenvalue weighted by Crippen LogP contribution is 2.38. The number of halogens is 1. The van der Waals surface area contributed by atoms with Gasteiger partial charge in [0.25, 0.3) is 0 Å². The maximum Gasteiger partial charge on any atom is 0.139 e. The summed E-state index contributed by atoms with van der Waals surface area (Å²) in [6.45, 7) is 1.41. The average molecular weight is 311 g/mol. The minimum absolute atomic E-state index is 0.00846. The fraction of sp³-hybridized carbons (Fsp3) is 0.462. The van der Waals surface area contributed by atoms with Gasteiger partial charge in [-0.15, -0.1) is 0 Å². The number of benzene rings is 1. The number of ether oxygens (including phenoxy) is 1. The van der Waals surface area contributed by atoms with Crippen molar-refractivity contribution in [2.45, 2.75) is 18.9 Å². The summed E-state index contributed by atoms with van der Waals surface area (Å²) in [5.41, 5.74) is 7.13. The summed E-state index contributed by atoms with van der Waals surface area (Å²) >= 11 is 3.40. The van der Waals surface area contributed by atoms with E-state index in [2.05, 4.69) is 15.9 Å². The molecule has 1 heterocycles. The first kappa shape index (κ1) is 13.3. The van der Waals surface area contributed by atoms with Crippen LogP contribution in [0, 0.1) is 17.2 Å². The van der Waals surface area contributed by atoms with Gasteiger partial charge in [-0.2, -0.15) is 5.26 Å². The molecule has 5 heteroatoms. The maximum absolute atomic E-state index is 10.1. The second-order valence-corrected chi connectivity index (χ2v) is 5.30. The summed E-state index contributed by atoms with van der Waals surface area (Å²) in [7, 11) is 0. The van der Waals surface area contributed by atoms with Gasteiger partial charge in [0, 0.05) is 29.3 Å². The van der Waals surface area contributed by atoms with Gasteiger partial charge in [0.2, 0.25) is 0 Å². The molecule has 0 aliphatic carbocycles. The zero-order valence-electron chi connectivity index (χ0n) is 9.90. The van der Waals surface area contributed by atoms with Crippen LogP contribution in [0.4, 0.5) is 0 Å². The van der Waals surface area contributed by atoms with Crippen molar-refractivity contribution in [1.82, 2.24) is 0 Å². The second kappa shape index (κ2) is 5.70. The van der Waals surface area contributed by atoms with Gasteiger partial charge in [0.1, 0.15) is 11.8 Å². The summed E-state index contributed by atoms with van der Waals surface area (Å²) in [6.07, 6.45) is 1.76. The van der Waals surface area contributed by atoms with Gasteiger partial charge in [0.05, 0.1) is 5.56 Å². The second-order valence-electron chi connectivity index (χ2n) is 4.44. The van der Waals surface area contributed by atoms with E-state index in [-0.39, 0.29) is 23.3 Å². The van der Waals surface area contributed by atoms with Crippen molar-refractivity contribution in [3.05, 3.63) is 27.7 Å². The fourth-order valence-corrected chi connectivity index (χ4v) is 2.89. The molecule has 0 radical (unpaired) electrons. The summed E-state index contributed by atoms with van der Waals surface area (Å²) in [5, 5.41) is 19.0. The molecule has 0 unspecified atom stereocenters. The Balaban J connectivity index is 2.34. The molecular formula is C13H15BrN2O2. The first-order valence-electron chi connectivity index (χ1n) is 5.90. The Morgan fingerprint density at radius 1 is 1.44 bits per heavy atom. The molecule has 1 aliphatic rings. The van der Waals surface area contributed by atoms with Crippen molar-refractivity contribution in [2.75, 3.05) is 13.2 Å². The number of hydrogen-bond donors (Lipinski definition) is 2. The van der Waals surface area contributed by atoms with E-state index in [4.69, 9.17) is 15.7 Å². The molecular weight excluding hydrogens is 296 g/mol. The van der Waals surface area contributed by atoms with Gasteiger partial charge in [-0.05, 0) is 30.9 Å². The standard InChI is InChI=1S/C13H15BrN2O2/c14-10-2-1-9(7-15)13(17)11(10)12(16)8-3-5-18-6-4-8/h1-2,8,12,17H,3-6,16H2/t12-/m0/s1. The Morgan fingerprint density at radius 3 is 2.72 bits per heavy atom. The Morgan fingerprint density at radius 2 is 2.11 bits per heavy atom. The first-order chi connectivity index (χ1) is 8.65. The third kappa shape index (κ3) is 2.51. The van der Waals surface area contributed by atoms with Crippen molar-refractivity contribution in [3.63, 3.8) is 0 Å². The molecule has 3 N–H and O–H groups in total. The molecule has 0 aromatic heterocycles. The third-order valence-electron chi connectivity index (χ3n) is 3.39. The first-order valence-corrected chi connectivity index (χ1v) is 6.69. The van der Waals surface area contributed by atoms with Crippen LogP contribution in [0.1, 0.15) is 30.0 Å². The Hall–Kier alpha value is -1.09. The number of nitrogens with zero attached hydrogens (tertiary/aromatic N) is 1. The molecule has 0 bridgehead atoms. The van der Waals surface area contributed by atoms with Crippen LogP contribution in [0.3, 0.4) is 0 Å². The molecule has 2 rings (SSSR count). The van der Waals surface area contributed by atoms with Crippen molar-refractivity contribution in [3.8, 4) is 11.8 Å². The monoisotopic (exact) mass is 310 g/mol. The van der Waals surface area contributed by atoms with Crippen molar-refractivity contribution in [2.24, 2.45) is 11.7 Å². The molecule has 1 atom stereocenters. The van der Waals surface area contributed by atoms with Crippen molar-refractivity contribution < 1.29 is 9.84 Å². The van der Waals surface area contributed by atoms with Crippen LogP contribution in [-0.2, 0) is 4.74 Å². The number of phenols is 1. The molecule has 0 amide bonds. The third-order valence-corrected chi connectivity index (χ3v) is 4.08. The number of nitrogens with two attached hydrogens (primary N) is 1. The lowest BCUT2D eigenvalue weighted by Crippen LogP contribution is -2.27. The number of aromatic hydroxyl groups is 1. The Kier molecular flexibility index (Phi) is 4.23. The largest absolute Gasteiger partial charge is 0.506 e.